The van der Waals surface area contributed by atoms with E-state index >= 15 is 0 Å². The second-order valence-corrected chi connectivity index (χ2v) is 5.32. The normalized spacial score (nSPS) is 10.1. The monoisotopic (exact) mass is 356 g/mol. The van der Waals surface area contributed by atoms with Crippen LogP contribution in [0.1, 0.15) is 31.1 Å². The fourth-order valence-electron chi connectivity index (χ4n) is 2.22. The van der Waals surface area contributed by atoms with Gasteiger partial charge in [0.2, 0.25) is 0 Å². The van der Waals surface area contributed by atoms with Crippen molar-refractivity contribution in [2.45, 2.75) is 0 Å². The molecule has 0 saturated heterocycles. The Balaban J connectivity index is 2.11. The van der Waals surface area contributed by atoms with E-state index in [9.17, 15) is 14.4 Å². The average molecular weight is 356 g/mol. The molecule has 0 heterocycles. The number of nitrogens with one attached hydrogen (secondary N) is 2. The van der Waals surface area contributed by atoms with Crippen LogP contribution in [0.2, 0.25) is 0 Å². The zero-order valence-corrected chi connectivity index (χ0v) is 14.6. The molecule has 0 aromatic heterocycles. The van der Waals surface area contributed by atoms with Gasteiger partial charge in [0.05, 0.1) is 30.5 Å². The number of methoxy groups -OCH3 is 2. The van der Waals surface area contributed by atoms with E-state index < -0.39 is 11.9 Å². The smallest absolute Gasteiger partial charge is 0.337 e. The molecule has 0 spiro atoms. The third-order valence-corrected chi connectivity index (χ3v) is 3.58. The fourth-order valence-corrected chi connectivity index (χ4v) is 2.22. The number of esters is 1. The SMILES string of the molecule is COCCNC(=O)c1ccccc1NC(=O)c1ccc(C(=O)OC)cc1. The van der Waals surface area contributed by atoms with E-state index in [0.29, 0.717) is 35.5 Å². The molecule has 0 fully saturated rings. The molecule has 7 nitrogen and oxygen atoms in total. The Hall–Kier alpha value is -3.19. The van der Waals surface area contributed by atoms with Gasteiger partial charge < -0.3 is 20.1 Å². The van der Waals surface area contributed by atoms with Crippen LogP contribution in [0.15, 0.2) is 48.5 Å². The molecule has 0 aliphatic heterocycles. The molecule has 2 amide bonds. The van der Waals surface area contributed by atoms with E-state index in [1.807, 2.05) is 0 Å². The Bertz CT molecular complexity index is 787. The van der Waals surface area contributed by atoms with Gasteiger partial charge in [0.25, 0.3) is 11.8 Å². The van der Waals surface area contributed by atoms with Gasteiger partial charge in [-0.1, -0.05) is 12.1 Å². The van der Waals surface area contributed by atoms with E-state index in [1.165, 1.54) is 31.4 Å². The molecule has 0 saturated carbocycles. The first-order valence-electron chi connectivity index (χ1n) is 7.92. The standard InChI is InChI=1S/C19H20N2O5/c1-25-12-11-20-18(23)15-5-3-4-6-16(15)21-17(22)13-7-9-14(10-8-13)19(24)26-2/h3-10H,11-12H2,1-2H3,(H,20,23)(H,21,22). The number of para-hydroxylation sites is 1. The van der Waals surface area contributed by atoms with E-state index in [1.54, 1.807) is 31.4 Å². The van der Waals surface area contributed by atoms with Gasteiger partial charge in [0, 0.05) is 19.2 Å². The molecule has 26 heavy (non-hydrogen) atoms. The molecule has 0 bridgehead atoms. The Morgan fingerprint density at radius 1 is 0.885 bits per heavy atom. The molecular formula is C19H20N2O5. The molecule has 2 N–H and O–H groups in total. The topological polar surface area (TPSA) is 93.7 Å². The van der Waals surface area contributed by atoms with Gasteiger partial charge in [-0.05, 0) is 36.4 Å². The van der Waals surface area contributed by atoms with E-state index in [4.69, 9.17) is 4.74 Å². The third-order valence-electron chi connectivity index (χ3n) is 3.58. The lowest BCUT2D eigenvalue weighted by atomic mass is 10.1. The van der Waals surface area contributed by atoms with Crippen molar-refractivity contribution >= 4 is 23.5 Å². The minimum Gasteiger partial charge on any atom is -0.465 e. The molecule has 2 rings (SSSR count). The van der Waals surface area contributed by atoms with Gasteiger partial charge in [-0.15, -0.1) is 0 Å². The molecule has 2 aromatic carbocycles. The van der Waals surface area contributed by atoms with Crippen molar-refractivity contribution in [1.82, 2.24) is 5.32 Å². The minimum absolute atomic E-state index is 0.306. The highest BCUT2D eigenvalue weighted by Gasteiger charge is 2.14. The van der Waals surface area contributed by atoms with Gasteiger partial charge >= 0.3 is 5.97 Å². The van der Waals surface area contributed by atoms with Crippen LogP contribution in [-0.2, 0) is 9.47 Å². The van der Waals surface area contributed by atoms with Crippen LogP contribution in [0.4, 0.5) is 5.69 Å². The molecule has 0 unspecified atom stereocenters. The van der Waals surface area contributed by atoms with Crippen LogP contribution in [0.5, 0.6) is 0 Å². The van der Waals surface area contributed by atoms with Crippen molar-refractivity contribution in [2.24, 2.45) is 0 Å². The molecule has 0 aliphatic rings. The Labute approximate surface area is 151 Å². The first-order valence-corrected chi connectivity index (χ1v) is 7.92. The first-order chi connectivity index (χ1) is 12.6. The number of hydrogen-bond acceptors (Lipinski definition) is 5. The summed E-state index contributed by atoms with van der Waals surface area (Å²) < 4.78 is 9.52. The molecule has 136 valence electrons. The van der Waals surface area contributed by atoms with Gasteiger partial charge in [0.15, 0.2) is 0 Å². The van der Waals surface area contributed by atoms with Crippen LogP contribution >= 0.6 is 0 Å². The van der Waals surface area contributed by atoms with E-state index in [-0.39, 0.29) is 5.91 Å². The van der Waals surface area contributed by atoms with Crippen LogP contribution in [0.25, 0.3) is 0 Å². The van der Waals surface area contributed by atoms with Gasteiger partial charge in [-0.25, -0.2) is 4.79 Å². The molecule has 7 heteroatoms. The summed E-state index contributed by atoms with van der Waals surface area (Å²) in [5.41, 5.74) is 1.45. The van der Waals surface area contributed by atoms with Crippen molar-refractivity contribution in [2.75, 3.05) is 32.7 Å². The van der Waals surface area contributed by atoms with Crippen LogP contribution < -0.4 is 10.6 Å². The molecule has 2 aromatic rings. The van der Waals surface area contributed by atoms with E-state index in [2.05, 4.69) is 15.4 Å². The van der Waals surface area contributed by atoms with Crippen molar-refractivity contribution in [3.63, 3.8) is 0 Å². The zero-order chi connectivity index (χ0) is 18.9. The number of benzene rings is 2. The predicted molar refractivity (Wildman–Crippen MR) is 96.4 cm³/mol. The highest BCUT2D eigenvalue weighted by Crippen LogP contribution is 2.16. The van der Waals surface area contributed by atoms with Gasteiger partial charge in [0.1, 0.15) is 0 Å². The highest BCUT2D eigenvalue weighted by atomic mass is 16.5. The van der Waals surface area contributed by atoms with Gasteiger partial charge in [-0.3, -0.25) is 9.59 Å². The highest BCUT2D eigenvalue weighted by molar-refractivity contribution is 6.09. The van der Waals surface area contributed by atoms with Crippen LogP contribution in [0.3, 0.4) is 0 Å². The lowest BCUT2D eigenvalue weighted by Gasteiger charge is -2.11. The number of carbonyl (C=O) groups is 3. The summed E-state index contributed by atoms with van der Waals surface area (Å²) in [5.74, 6) is -1.17. The number of amides is 2. The Kier molecular flexibility index (Phi) is 6.87. The van der Waals surface area contributed by atoms with Crippen molar-refractivity contribution < 1.29 is 23.9 Å². The third kappa shape index (κ3) is 4.90. The lowest BCUT2D eigenvalue weighted by molar-refractivity contribution is 0.0600. The Morgan fingerprint density at radius 3 is 2.19 bits per heavy atom. The summed E-state index contributed by atoms with van der Waals surface area (Å²) >= 11 is 0. The van der Waals surface area contributed by atoms with Crippen LogP contribution in [0, 0.1) is 0 Å². The number of hydrogen-bond donors (Lipinski definition) is 2. The first kappa shape index (κ1) is 19.1. The average Bonchev–Trinajstić information content (AvgIpc) is 2.68. The number of anilines is 1. The summed E-state index contributed by atoms with van der Waals surface area (Å²) in [5, 5.41) is 5.43. The minimum atomic E-state index is -0.477. The van der Waals surface area contributed by atoms with Gasteiger partial charge in [-0.2, -0.15) is 0 Å². The summed E-state index contributed by atoms with van der Waals surface area (Å²) in [6.45, 7) is 0.763. The maximum atomic E-state index is 12.4. The Morgan fingerprint density at radius 2 is 1.54 bits per heavy atom. The number of carbonyl (C=O) groups excluding carboxylic acids is 3. The van der Waals surface area contributed by atoms with Crippen molar-refractivity contribution in [3.05, 3.63) is 65.2 Å². The summed E-state index contributed by atoms with van der Waals surface area (Å²) in [6, 6.07) is 12.7. The summed E-state index contributed by atoms with van der Waals surface area (Å²) in [7, 11) is 2.84. The largest absolute Gasteiger partial charge is 0.465 e. The fraction of sp³-hybridized carbons (Fsp3) is 0.211. The zero-order valence-electron chi connectivity index (χ0n) is 14.6. The second-order valence-electron chi connectivity index (χ2n) is 5.32. The summed E-state index contributed by atoms with van der Waals surface area (Å²) in [4.78, 5) is 36.1. The quantitative estimate of drug-likeness (QED) is 0.585. The number of ether oxygens (including phenoxy) is 2. The molecule has 0 atom stereocenters. The molecule has 0 aliphatic carbocycles. The van der Waals surface area contributed by atoms with E-state index in [0.717, 1.165) is 0 Å². The number of rotatable bonds is 7. The predicted octanol–water partition coefficient (Wildman–Crippen LogP) is 2.10. The maximum absolute atomic E-state index is 12.4. The van der Waals surface area contributed by atoms with Crippen LogP contribution in [-0.4, -0.2) is 45.2 Å². The molecule has 0 radical (unpaired) electrons. The lowest BCUT2D eigenvalue weighted by Crippen LogP contribution is -2.28. The second kappa shape index (κ2) is 9.33. The summed E-state index contributed by atoms with van der Waals surface area (Å²) in [6.07, 6.45) is 0. The van der Waals surface area contributed by atoms with Crippen molar-refractivity contribution in [1.29, 1.82) is 0 Å². The maximum Gasteiger partial charge on any atom is 0.337 e. The van der Waals surface area contributed by atoms with Crippen molar-refractivity contribution in [3.8, 4) is 0 Å². The molecular weight excluding hydrogens is 336 g/mol.